The van der Waals surface area contributed by atoms with E-state index in [4.69, 9.17) is 16.7 Å². The number of aliphatic carboxylic acids is 1. The third-order valence-electron chi connectivity index (χ3n) is 1.56. The molecule has 3 heteroatoms. The first-order chi connectivity index (χ1) is 4.95. The van der Waals surface area contributed by atoms with Crippen LogP contribution in [0, 0.1) is 11.8 Å². The fourth-order valence-corrected chi connectivity index (χ4v) is 1.01. The molecule has 0 aliphatic rings. The summed E-state index contributed by atoms with van der Waals surface area (Å²) in [6.45, 7) is 7.18. The second-order valence-electron chi connectivity index (χ2n) is 2.91. The molecule has 0 radical (unpaired) electrons. The number of hydrogen-bond donors (Lipinski definition) is 1. The minimum absolute atomic E-state index is 0.1000. The van der Waals surface area contributed by atoms with Gasteiger partial charge in [-0.1, -0.05) is 32.0 Å². The number of carboxylic acids is 1. The van der Waals surface area contributed by atoms with Crippen molar-refractivity contribution >= 4 is 17.6 Å². The highest BCUT2D eigenvalue weighted by Crippen LogP contribution is 2.21. The fourth-order valence-electron chi connectivity index (χ4n) is 0.847. The van der Waals surface area contributed by atoms with Gasteiger partial charge in [0.15, 0.2) is 0 Å². The van der Waals surface area contributed by atoms with E-state index >= 15 is 0 Å². The zero-order chi connectivity index (χ0) is 9.02. The molecular formula is C8H13ClO2. The van der Waals surface area contributed by atoms with E-state index in [-0.39, 0.29) is 5.92 Å². The van der Waals surface area contributed by atoms with Crippen LogP contribution in [0.1, 0.15) is 20.3 Å². The highest BCUT2D eigenvalue weighted by molar-refractivity contribution is 6.29. The van der Waals surface area contributed by atoms with Crippen LogP contribution in [-0.4, -0.2) is 11.1 Å². The third-order valence-corrected chi connectivity index (χ3v) is 1.72. The van der Waals surface area contributed by atoms with Gasteiger partial charge in [0, 0.05) is 5.03 Å². The van der Waals surface area contributed by atoms with Gasteiger partial charge in [0.25, 0.3) is 0 Å². The molecule has 0 bridgehead atoms. The van der Waals surface area contributed by atoms with E-state index < -0.39 is 11.9 Å². The van der Waals surface area contributed by atoms with Crippen molar-refractivity contribution < 1.29 is 9.90 Å². The predicted molar refractivity (Wildman–Crippen MR) is 45.6 cm³/mol. The van der Waals surface area contributed by atoms with Crippen molar-refractivity contribution in [2.45, 2.75) is 20.3 Å². The molecule has 0 amide bonds. The van der Waals surface area contributed by atoms with Crippen molar-refractivity contribution in [3.05, 3.63) is 11.6 Å². The van der Waals surface area contributed by atoms with E-state index in [1.807, 2.05) is 13.8 Å². The summed E-state index contributed by atoms with van der Waals surface area (Å²) in [6, 6.07) is 0. The van der Waals surface area contributed by atoms with Gasteiger partial charge >= 0.3 is 5.97 Å². The number of rotatable bonds is 4. The highest BCUT2D eigenvalue weighted by atomic mass is 35.5. The molecule has 0 aromatic rings. The zero-order valence-corrected chi connectivity index (χ0v) is 7.56. The highest BCUT2D eigenvalue weighted by Gasteiger charge is 2.21. The van der Waals surface area contributed by atoms with Crippen LogP contribution in [0.3, 0.4) is 0 Å². The molecule has 1 unspecified atom stereocenters. The smallest absolute Gasteiger partial charge is 0.307 e. The molecule has 0 heterocycles. The van der Waals surface area contributed by atoms with Gasteiger partial charge in [-0.15, -0.1) is 0 Å². The summed E-state index contributed by atoms with van der Waals surface area (Å²) >= 11 is 5.50. The first kappa shape index (κ1) is 10.5. The SMILES string of the molecule is C=C(Cl)CC(C(=O)O)C(C)C. The molecule has 0 saturated carbocycles. The van der Waals surface area contributed by atoms with Gasteiger partial charge < -0.3 is 5.11 Å². The van der Waals surface area contributed by atoms with Crippen LogP contribution >= 0.6 is 11.6 Å². The lowest BCUT2D eigenvalue weighted by atomic mass is 9.93. The molecule has 0 aromatic carbocycles. The van der Waals surface area contributed by atoms with Gasteiger partial charge in [0.05, 0.1) is 5.92 Å². The first-order valence-corrected chi connectivity index (χ1v) is 3.89. The maximum Gasteiger partial charge on any atom is 0.307 e. The van der Waals surface area contributed by atoms with Crippen molar-refractivity contribution in [2.75, 3.05) is 0 Å². The maximum absolute atomic E-state index is 10.6. The summed E-state index contributed by atoms with van der Waals surface area (Å²) in [5.41, 5.74) is 0. The van der Waals surface area contributed by atoms with Crippen LogP contribution in [0.25, 0.3) is 0 Å². The Morgan fingerprint density at radius 1 is 1.64 bits per heavy atom. The van der Waals surface area contributed by atoms with Gasteiger partial charge in [-0.2, -0.15) is 0 Å². The topological polar surface area (TPSA) is 37.3 Å². The number of halogens is 1. The Balaban J connectivity index is 4.12. The Labute approximate surface area is 71.9 Å². The minimum Gasteiger partial charge on any atom is -0.481 e. The second-order valence-corrected chi connectivity index (χ2v) is 3.44. The van der Waals surface area contributed by atoms with Crippen LogP contribution in [-0.2, 0) is 4.79 Å². The Hall–Kier alpha value is -0.500. The summed E-state index contributed by atoms with van der Waals surface area (Å²) in [7, 11) is 0. The van der Waals surface area contributed by atoms with Crippen LogP contribution in [0.15, 0.2) is 11.6 Å². The molecule has 1 atom stereocenters. The lowest BCUT2D eigenvalue weighted by Gasteiger charge is -2.14. The summed E-state index contributed by atoms with van der Waals surface area (Å²) in [5.74, 6) is -1.11. The van der Waals surface area contributed by atoms with E-state index in [1.165, 1.54) is 0 Å². The van der Waals surface area contributed by atoms with Gasteiger partial charge in [-0.3, -0.25) is 4.79 Å². The number of carbonyl (C=O) groups is 1. The third kappa shape index (κ3) is 4.04. The van der Waals surface area contributed by atoms with Crippen LogP contribution < -0.4 is 0 Å². The normalized spacial score (nSPS) is 13.1. The van der Waals surface area contributed by atoms with Crippen molar-refractivity contribution in [1.82, 2.24) is 0 Å². The second kappa shape index (κ2) is 4.39. The Morgan fingerprint density at radius 3 is 2.18 bits per heavy atom. The molecule has 0 spiro atoms. The van der Waals surface area contributed by atoms with Crippen LogP contribution in [0.4, 0.5) is 0 Å². The Bertz CT molecular complexity index is 163. The largest absolute Gasteiger partial charge is 0.481 e. The summed E-state index contributed by atoms with van der Waals surface area (Å²) in [4.78, 5) is 10.6. The standard InChI is InChI=1S/C8H13ClO2/c1-5(2)7(8(10)11)4-6(3)9/h5,7H,3-4H2,1-2H3,(H,10,11). The molecule has 1 N–H and O–H groups in total. The average Bonchev–Trinajstić information content (AvgIpc) is 1.81. The fraction of sp³-hybridized carbons (Fsp3) is 0.625. The van der Waals surface area contributed by atoms with Gasteiger partial charge in [-0.25, -0.2) is 0 Å². The van der Waals surface area contributed by atoms with Crippen LogP contribution in [0.2, 0.25) is 0 Å². The molecule has 0 fully saturated rings. The van der Waals surface area contributed by atoms with E-state index in [9.17, 15) is 4.79 Å². The first-order valence-electron chi connectivity index (χ1n) is 3.51. The monoisotopic (exact) mass is 176 g/mol. The number of hydrogen-bond acceptors (Lipinski definition) is 1. The molecule has 0 aliphatic carbocycles. The van der Waals surface area contributed by atoms with Crippen molar-refractivity contribution in [1.29, 1.82) is 0 Å². The van der Waals surface area contributed by atoms with Gasteiger partial charge in [-0.05, 0) is 12.3 Å². The molecule has 0 aromatic heterocycles. The Kier molecular flexibility index (Phi) is 4.19. The summed E-state index contributed by atoms with van der Waals surface area (Å²) in [5, 5.41) is 9.10. The van der Waals surface area contributed by atoms with Crippen molar-refractivity contribution in [3.63, 3.8) is 0 Å². The van der Waals surface area contributed by atoms with Gasteiger partial charge in [0.1, 0.15) is 0 Å². The van der Waals surface area contributed by atoms with E-state index in [1.54, 1.807) is 0 Å². The molecule has 11 heavy (non-hydrogen) atoms. The van der Waals surface area contributed by atoms with E-state index in [0.717, 1.165) is 0 Å². The summed E-state index contributed by atoms with van der Waals surface area (Å²) < 4.78 is 0. The number of allylic oxidation sites excluding steroid dienone is 1. The summed E-state index contributed by atoms with van der Waals surface area (Å²) in [6.07, 6.45) is 0.356. The number of carboxylic acid groups (broad SMARTS) is 1. The maximum atomic E-state index is 10.6. The molecule has 0 rings (SSSR count). The van der Waals surface area contributed by atoms with Crippen molar-refractivity contribution in [3.8, 4) is 0 Å². The lowest BCUT2D eigenvalue weighted by molar-refractivity contribution is -0.143. The molecule has 0 saturated heterocycles. The van der Waals surface area contributed by atoms with E-state index in [2.05, 4.69) is 6.58 Å². The quantitative estimate of drug-likeness (QED) is 0.715. The lowest BCUT2D eigenvalue weighted by Crippen LogP contribution is -2.19. The van der Waals surface area contributed by atoms with Crippen LogP contribution in [0.5, 0.6) is 0 Å². The van der Waals surface area contributed by atoms with Gasteiger partial charge in [0.2, 0.25) is 0 Å². The van der Waals surface area contributed by atoms with Crippen molar-refractivity contribution in [2.24, 2.45) is 11.8 Å². The molecule has 0 aliphatic heterocycles. The predicted octanol–water partition coefficient (Wildman–Crippen LogP) is 2.49. The molecule has 64 valence electrons. The van der Waals surface area contributed by atoms with E-state index in [0.29, 0.717) is 11.5 Å². The molecular weight excluding hydrogens is 164 g/mol. The average molecular weight is 177 g/mol. The minimum atomic E-state index is -0.804. The Morgan fingerprint density at radius 2 is 2.09 bits per heavy atom. The molecule has 2 nitrogen and oxygen atoms in total. The zero-order valence-electron chi connectivity index (χ0n) is 6.80.